The van der Waals surface area contributed by atoms with Gasteiger partial charge in [0.2, 0.25) is 0 Å². The molecule has 3 rings (SSSR count). The zero-order valence-electron chi connectivity index (χ0n) is 18.5. The van der Waals surface area contributed by atoms with Crippen LogP contribution >= 0.6 is 82.3 Å². The number of hydrogen-bond acceptors (Lipinski definition) is 10. The molecule has 176 valence electrons. The fourth-order valence-electron chi connectivity index (χ4n) is 2.54. The van der Waals surface area contributed by atoms with Crippen LogP contribution in [0.2, 0.25) is 0 Å². The zero-order chi connectivity index (χ0) is 21.5. The van der Waals surface area contributed by atoms with Crippen molar-refractivity contribution in [1.82, 2.24) is 0 Å². The highest BCUT2D eigenvalue weighted by Crippen LogP contribution is 2.45. The van der Waals surface area contributed by atoms with Crippen LogP contribution in [0.3, 0.4) is 0 Å². The molecule has 3 aliphatic rings. The third-order valence-corrected chi connectivity index (χ3v) is 14.6. The lowest BCUT2D eigenvalue weighted by molar-refractivity contribution is 0.401. The molecule has 3 saturated heterocycles. The van der Waals surface area contributed by atoms with Crippen LogP contribution in [0.4, 0.5) is 0 Å². The minimum atomic E-state index is 0.0965. The molecule has 3 fully saturated rings. The first-order valence-corrected chi connectivity index (χ1v) is 17.8. The van der Waals surface area contributed by atoms with Crippen LogP contribution in [0, 0.1) is 0 Å². The van der Waals surface area contributed by atoms with Crippen LogP contribution in [-0.4, -0.2) is 90.5 Å². The van der Waals surface area contributed by atoms with Crippen LogP contribution in [0.1, 0.15) is 27.7 Å². The van der Waals surface area contributed by atoms with Crippen LogP contribution in [-0.2, 0) is 14.2 Å². The third-order valence-electron chi connectivity index (χ3n) is 4.74. The third kappa shape index (κ3) is 11.6. The maximum Gasteiger partial charge on any atom is 0.135 e. The number of epoxide rings is 3. The van der Waals surface area contributed by atoms with E-state index in [1.807, 2.05) is 35.3 Å². The number of hydrogen-bond donors (Lipinski definition) is 0. The van der Waals surface area contributed by atoms with Gasteiger partial charge >= 0.3 is 0 Å². The minimum Gasteiger partial charge on any atom is -0.358 e. The molecular formula is C20H36O3S7. The summed E-state index contributed by atoms with van der Waals surface area (Å²) in [7, 11) is 0. The molecule has 0 aliphatic carbocycles. The van der Waals surface area contributed by atoms with Crippen molar-refractivity contribution in [3.05, 3.63) is 0 Å². The first kappa shape index (κ1) is 26.9. The van der Waals surface area contributed by atoms with Crippen molar-refractivity contribution < 1.29 is 14.2 Å². The molecule has 10 heteroatoms. The largest absolute Gasteiger partial charge is 0.358 e. The summed E-state index contributed by atoms with van der Waals surface area (Å²) in [4.78, 5) is 0.378. The molecule has 0 aromatic rings. The maximum atomic E-state index is 5.55. The fourth-order valence-corrected chi connectivity index (χ4v) is 11.5. The van der Waals surface area contributed by atoms with Gasteiger partial charge in [-0.05, 0) is 27.7 Å². The van der Waals surface area contributed by atoms with E-state index in [2.05, 4.69) is 74.7 Å². The summed E-state index contributed by atoms with van der Waals surface area (Å²) in [5.74, 6) is 9.90. The quantitative estimate of drug-likeness (QED) is 0.108. The average Bonchev–Trinajstić information content (AvgIpc) is 3.63. The molecule has 3 aliphatic heterocycles. The summed E-state index contributed by atoms with van der Waals surface area (Å²) in [6, 6.07) is 0. The predicted molar refractivity (Wildman–Crippen MR) is 148 cm³/mol. The molecule has 0 aromatic heterocycles. The first-order valence-electron chi connectivity index (χ1n) is 10.6. The fraction of sp³-hybridized carbons (Fsp3) is 1.00. The first-order chi connectivity index (χ1) is 14.3. The molecule has 3 heterocycles. The summed E-state index contributed by atoms with van der Waals surface area (Å²) in [6.07, 6.45) is 0. The van der Waals surface area contributed by atoms with Crippen LogP contribution in [0.5, 0.6) is 0 Å². The molecule has 0 N–H and O–H groups in total. The van der Waals surface area contributed by atoms with E-state index in [1.54, 1.807) is 0 Å². The van der Waals surface area contributed by atoms with Gasteiger partial charge in [-0.25, -0.2) is 0 Å². The molecule has 0 spiro atoms. The molecular weight excluding hydrogens is 513 g/mol. The highest BCUT2D eigenvalue weighted by atomic mass is 32.2. The monoisotopic (exact) mass is 548 g/mol. The summed E-state index contributed by atoms with van der Waals surface area (Å²) in [6.45, 7) is 11.7. The summed E-state index contributed by atoms with van der Waals surface area (Å²) in [5.41, 5.74) is 0. The van der Waals surface area contributed by atoms with Crippen molar-refractivity contribution in [3.63, 3.8) is 0 Å². The zero-order valence-corrected chi connectivity index (χ0v) is 24.2. The van der Waals surface area contributed by atoms with E-state index in [0.717, 1.165) is 25.1 Å². The van der Waals surface area contributed by atoms with E-state index in [1.165, 1.54) is 46.0 Å². The summed E-state index contributed by atoms with van der Waals surface area (Å²) >= 11 is 14.4. The lowest BCUT2D eigenvalue weighted by Crippen LogP contribution is -2.15. The van der Waals surface area contributed by atoms with Gasteiger partial charge in [0, 0.05) is 51.3 Å². The van der Waals surface area contributed by atoms with Crippen molar-refractivity contribution in [1.29, 1.82) is 0 Å². The van der Waals surface area contributed by atoms with Crippen molar-refractivity contribution in [2.75, 3.05) is 65.8 Å². The molecule has 3 nitrogen and oxygen atoms in total. The number of thioether (sulfide) groups is 7. The van der Waals surface area contributed by atoms with Gasteiger partial charge in [-0.2, -0.15) is 35.3 Å². The number of ether oxygens (including phenoxy) is 3. The second-order valence-electron chi connectivity index (χ2n) is 8.16. The Labute approximate surface area is 213 Å². The Kier molecular flexibility index (Phi) is 11.5. The summed E-state index contributed by atoms with van der Waals surface area (Å²) < 4.78 is 17.1. The highest BCUT2D eigenvalue weighted by molar-refractivity contribution is 8.18. The molecule has 0 saturated carbocycles. The lowest BCUT2D eigenvalue weighted by atomic mass is 10.5. The smallest absolute Gasteiger partial charge is 0.135 e. The van der Waals surface area contributed by atoms with Gasteiger partial charge in [0.1, 0.15) is 14.8 Å². The molecule has 0 radical (unpaired) electrons. The van der Waals surface area contributed by atoms with Gasteiger partial charge in [-0.3, -0.25) is 0 Å². The van der Waals surface area contributed by atoms with Crippen LogP contribution in [0.15, 0.2) is 0 Å². The van der Waals surface area contributed by atoms with E-state index in [-0.39, 0.29) is 14.8 Å². The van der Waals surface area contributed by atoms with Crippen molar-refractivity contribution in [2.45, 2.75) is 52.3 Å². The molecule has 0 aromatic carbocycles. The van der Waals surface area contributed by atoms with E-state index in [4.69, 9.17) is 14.2 Å². The Balaban J connectivity index is 1.25. The average molecular weight is 549 g/mol. The molecule has 5 unspecified atom stereocenters. The Morgan fingerprint density at radius 1 is 0.667 bits per heavy atom. The molecule has 5 atom stereocenters. The van der Waals surface area contributed by atoms with Crippen LogP contribution < -0.4 is 0 Å². The Morgan fingerprint density at radius 2 is 1.20 bits per heavy atom. The van der Waals surface area contributed by atoms with E-state index in [0.29, 0.717) is 4.58 Å². The second-order valence-corrected chi connectivity index (χ2v) is 18.5. The van der Waals surface area contributed by atoms with E-state index >= 15 is 0 Å². The van der Waals surface area contributed by atoms with E-state index < -0.39 is 0 Å². The summed E-state index contributed by atoms with van der Waals surface area (Å²) in [5, 5.41) is 0.738. The van der Waals surface area contributed by atoms with Crippen molar-refractivity contribution in [3.8, 4) is 0 Å². The SMILES string of the molecule is CC(SCC(CSCCSC1(C)CO1)SCCSCCSC1(C)CO1)SC1(C)CO1. The van der Waals surface area contributed by atoms with Gasteiger partial charge in [0.05, 0.1) is 24.4 Å². The Morgan fingerprint density at radius 3 is 1.77 bits per heavy atom. The standard InChI is InChI=1S/C20H36O3S7/c1-16(30-20(4)15-23-20)27-12-17(11-25-7-10-29-19(3)14-22-19)26-8-5-24-6-9-28-18(2)13-21-18/h16-17H,5-15H2,1-4H3. The Bertz CT molecular complexity index is 513. The highest BCUT2D eigenvalue weighted by Gasteiger charge is 2.42. The normalized spacial score (nSPS) is 34.0. The Hall–Kier alpha value is 2.33. The van der Waals surface area contributed by atoms with Gasteiger partial charge < -0.3 is 14.2 Å². The van der Waals surface area contributed by atoms with E-state index in [9.17, 15) is 0 Å². The minimum absolute atomic E-state index is 0.0965. The predicted octanol–water partition coefficient (Wildman–Crippen LogP) is 6.07. The molecule has 0 amide bonds. The van der Waals surface area contributed by atoms with Gasteiger partial charge in [0.25, 0.3) is 0 Å². The van der Waals surface area contributed by atoms with Gasteiger partial charge in [-0.15, -0.1) is 47.0 Å². The van der Waals surface area contributed by atoms with Gasteiger partial charge in [0.15, 0.2) is 0 Å². The van der Waals surface area contributed by atoms with Crippen molar-refractivity contribution >= 4 is 82.3 Å². The molecule has 0 bridgehead atoms. The maximum absolute atomic E-state index is 5.55. The second kappa shape index (κ2) is 12.9. The van der Waals surface area contributed by atoms with Crippen LogP contribution in [0.25, 0.3) is 0 Å². The lowest BCUT2D eigenvalue weighted by Gasteiger charge is -2.19. The van der Waals surface area contributed by atoms with Crippen molar-refractivity contribution in [2.24, 2.45) is 0 Å². The molecule has 30 heavy (non-hydrogen) atoms. The number of rotatable bonds is 19. The topological polar surface area (TPSA) is 37.6 Å². The van der Waals surface area contributed by atoms with Gasteiger partial charge in [-0.1, -0.05) is 0 Å².